The zero-order valence-electron chi connectivity index (χ0n) is 24.8. The van der Waals surface area contributed by atoms with Crippen LogP contribution in [0.1, 0.15) is 48.3 Å². The molecule has 0 amide bonds. The highest BCUT2D eigenvalue weighted by Crippen LogP contribution is 2.40. The van der Waals surface area contributed by atoms with Gasteiger partial charge in [-0.1, -0.05) is 42.5 Å². The molecule has 44 heavy (non-hydrogen) atoms. The minimum absolute atomic E-state index is 0.117. The second-order valence-electron chi connectivity index (χ2n) is 12.4. The number of nitrogens with one attached hydrogen (secondary N) is 1. The summed E-state index contributed by atoms with van der Waals surface area (Å²) in [5.74, 6) is 0.628. The molecule has 8 nitrogen and oxygen atoms in total. The number of likely N-dealkylation sites (tertiary alicyclic amines) is 1. The van der Waals surface area contributed by atoms with Crippen LogP contribution in [0.15, 0.2) is 84.0 Å². The van der Waals surface area contributed by atoms with Crippen LogP contribution in [-0.2, 0) is 6.54 Å². The third kappa shape index (κ3) is 4.90. The van der Waals surface area contributed by atoms with Gasteiger partial charge in [-0.25, -0.2) is 9.97 Å². The molecule has 0 radical (unpaired) electrons. The van der Waals surface area contributed by atoms with E-state index in [1.807, 2.05) is 37.4 Å². The van der Waals surface area contributed by atoms with Crippen LogP contribution in [0.3, 0.4) is 0 Å². The molecule has 0 bridgehead atoms. The molecule has 3 aromatic heterocycles. The smallest absolute Gasteiger partial charge is 0.279 e. The molecule has 4 heterocycles. The molecule has 220 valence electrons. The quantitative estimate of drug-likeness (QED) is 0.246. The third-order valence-corrected chi connectivity index (χ3v) is 9.38. The van der Waals surface area contributed by atoms with Gasteiger partial charge in [-0.2, -0.15) is 9.78 Å². The Hall–Kier alpha value is -4.66. The standard InChI is InChI=1S/C36H35N7O/c1-22-29(3-2-4-33(22)43-36(44)30-12-11-26(24-9-10-24)17-27(30)19-40-43)34-31-18-32(41-35(31)39-21-38-34)25-7-5-23(6-8-25)20-42-15-13-28(37)14-16-42/h2-8,11-12,17-19,21,24,28H,9-10,13-16,20,37H2,1H3,(H,38,39,41). The monoisotopic (exact) mass is 581 g/mol. The fraction of sp³-hybridized carbons (Fsp3) is 0.278. The SMILES string of the molecule is Cc1c(-c2ncnc3[nH]c(-c4ccc(CN5CCC(N)CC5)cc4)cc23)cccc1-n1ncc2cc(C3CC3)ccc2c1=O. The number of piperidine rings is 1. The third-order valence-electron chi connectivity index (χ3n) is 9.38. The molecule has 1 aliphatic carbocycles. The van der Waals surface area contributed by atoms with Crippen LogP contribution >= 0.6 is 0 Å². The Kier molecular flexibility index (Phi) is 6.61. The van der Waals surface area contributed by atoms with Gasteiger partial charge in [0.05, 0.1) is 23.0 Å². The number of fused-ring (bicyclic) bond motifs is 2. The van der Waals surface area contributed by atoms with Gasteiger partial charge in [-0.15, -0.1) is 0 Å². The highest BCUT2D eigenvalue weighted by Gasteiger charge is 2.24. The highest BCUT2D eigenvalue weighted by molar-refractivity contribution is 5.95. The number of aromatic amines is 1. The van der Waals surface area contributed by atoms with Crippen LogP contribution in [0.25, 0.3) is 50.0 Å². The lowest BCUT2D eigenvalue weighted by Crippen LogP contribution is -2.39. The zero-order chi connectivity index (χ0) is 29.8. The van der Waals surface area contributed by atoms with E-state index in [4.69, 9.17) is 10.7 Å². The number of hydrogen-bond donors (Lipinski definition) is 2. The summed E-state index contributed by atoms with van der Waals surface area (Å²) in [5, 5.41) is 7.11. The summed E-state index contributed by atoms with van der Waals surface area (Å²) in [7, 11) is 0. The summed E-state index contributed by atoms with van der Waals surface area (Å²) in [6.45, 7) is 5.08. The zero-order valence-corrected chi connectivity index (χ0v) is 24.8. The first-order valence-corrected chi connectivity index (χ1v) is 15.5. The number of nitrogens with zero attached hydrogens (tertiary/aromatic N) is 5. The first-order chi connectivity index (χ1) is 21.5. The van der Waals surface area contributed by atoms with E-state index >= 15 is 0 Å². The normalized spacial score (nSPS) is 16.2. The Morgan fingerprint density at radius 2 is 1.75 bits per heavy atom. The van der Waals surface area contributed by atoms with E-state index in [1.54, 1.807) is 6.33 Å². The lowest BCUT2D eigenvalue weighted by Gasteiger charge is -2.30. The molecule has 1 aliphatic heterocycles. The Balaban J connectivity index is 1.11. The van der Waals surface area contributed by atoms with Crippen molar-refractivity contribution in [2.75, 3.05) is 13.1 Å². The molecule has 6 aromatic rings. The summed E-state index contributed by atoms with van der Waals surface area (Å²) >= 11 is 0. The van der Waals surface area contributed by atoms with Gasteiger partial charge in [0, 0.05) is 34.6 Å². The summed E-state index contributed by atoms with van der Waals surface area (Å²) < 4.78 is 1.51. The van der Waals surface area contributed by atoms with Gasteiger partial charge >= 0.3 is 0 Å². The van der Waals surface area contributed by atoms with E-state index < -0.39 is 0 Å². The molecular weight excluding hydrogens is 546 g/mol. The predicted octanol–water partition coefficient (Wildman–Crippen LogP) is 6.10. The van der Waals surface area contributed by atoms with Crippen LogP contribution in [0, 0.1) is 6.92 Å². The summed E-state index contributed by atoms with van der Waals surface area (Å²) in [4.78, 5) is 28.8. The molecule has 8 rings (SSSR count). The molecule has 0 atom stereocenters. The predicted molar refractivity (Wildman–Crippen MR) is 175 cm³/mol. The lowest BCUT2D eigenvalue weighted by molar-refractivity contribution is 0.205. The van der Waals surface area contributed by atoms with Gasteiger partial charge in [-0.05, 0) is 98.1 Å². The molecular formula is C36H35N7O. The van der Waals surface area contributed by atoms with E-state index in [0.29, 0.717) is 17.3 Å². The number of H-pyrrole nitrogens is 1. The number of nitrogens with two attached hydrogens (primary N) is 1. The topological polar surface area (TPSA) is 106 Å². The molecule has 2 fully saturated rings. The molecule has 0 spiro atoms. The maximum atomic E-state index is 13.6. The second kappa shape index (κ2) is 10.8. The molecule has 1 saturated heterocycles. The largest absolute Gasteiger partial charge is 0.339 e. The molecule has 2 aliphatic rings. The minimum Gasteiger partial charge on any atom is -0.339 e. The van der Waals surface area contributed by atoms with E-state index in [-0.39, 0.29) is 5.56 Å². The van der Waals surface area contributed by atoms with Crippen molar-refractivity contribution in [1.29, 1.82) is 0 Å². The van der Waals surface area contributed by atoms with Crippen molar-refractivity contribution < 1.29 is 0 Å². The Morgan fingerprint density at radius 1 is 0.932 bits per heavy atom. The summed E-state index contributed by atoms with van der Waals surface area (Å²) in [6, 6.07) is 23.3. The van der Waals surface area contributed by atoms with Crippen molar-refractivity contribution in [3.8, 4) is 28.2 Å². The molecule has 3 aromatic carbocycles. The van der Waals surface area contributed by atoms with Crippen LogP contribution < -0.4 is 11.3 Å². The van der Waals surface area contributed by atoms with Crippen molar-refractivity contribution in [1.82, 2.24) is 29.6 Å². The molecule has 3 N–H and O–H groups in total. The number of benzene rings is 3. The van der Waals surface area contributed by atoms with E-state index in [9.17, 15) is 4.79 Å². The van der Waals surface area contributed by atoms with Crippen LogP contribution in [0.2, 0.25) is 0 Å². The number of hydrogen-bond acceptors (Lipinski definition) is 6. The van der Waals surface area contributed by atoms with Crippen molar-refractivity contribution >= 4 is 21.8 Å². The average Bonchev–Trinajstić information content (AvgIpc) is 3.81. The van der Waals surface area contributed by atoms with Crippen molar-refractivity contribution in [3.05, 3.63) is 106 Å². The first-order valence-electron chi connectivity index (χ1n) is 15.5. The Labute approximate surface area is 255 Å². The van der Waals surface area contributed by atoms with Crippen LogP contribution in [-0.4, -0.2) is 48.8 Å². The highest BCUT2D eigenvalue weighted by atomic mass is 16.1. The van der Waals surface area contributed by atoms with Gasteiger partial charge in [-0.3, -0.25) is 9.69 Å². The molecule has 0 unspecified atom stereocenters. The summed E-state index contributed by atoms with van der Waals surface area (Å²) in [6.07, 6.45) is 7.98. The van der Waals surface area contributed by atoms with E-state index in [0.717, 1.165) is 82.7 Å². The maximum Gasteiger partial charge on any atom is 0.279 e. The van der Waals surface area contributed by atoms with Crippen molar-refractivity contribution in [3.63, 3.8) is 0 Å². The van der Waals surface area contributed by atoms with Gasteiger partial charge in [0.2, 0.25) is 0 Å². The van der Waals surface area contributed by atoms with Gasteiger partial charge < -0.3 is 10.7 Å². The van der Waals surface area contributed by atoms with E-state index in [2.05, 4.69) is 62.4 Å². The van der Waals surface area contributed by atoms with Crippen LogP contribution in [0.4, 0.5) is 0 Å². The van der Waals surface area contributed by atoms with Gasteiger partial charge in [0.25, 0.3) is 5.56 Å². The first kappa shape index (κ1) is 26.9. The van der Waals surface area contributed by atoms with Crippen molar-refractivity contribution in [2.45, 2.75) is 51.1 Å². The van der Waals surface area contributed by atoms with Gasteiger partial charge in [0.15, 0.2) is 0 Å². The number of aromatic nitrogens is 5. The lowest BCUT2D eigenvalue weighted by atomic mass is 10.0. The van der Waals surface area contributed by atoms with Gasteiger partial charge in [0.1, 0.15) is 12.0 Å². The second-order valence-corrected chi connectivity index (χ2v) is 12.4. The van der Waals surface area contributed by atoms with Crippen molar-refractivity contribution in [2.24, 2.45) is 5.73 Å². The summed E-state index contributed by atoms with van der Waals surface area (Å²) in [5.41, 5.74) is 14.9. The molecule has 8 heteroatoms. The number of rotatable bonds is 6. The molecule has 1 saturated carbocycles. The fourth-order valence-corrected chi connectivity index (χ4v) is 6.59. The minimum atomic E-state index is -0.117. The fourth-order valence-electron chi connectivity index (χ4n) is 6.59. The van der Waals surface area contributed by atoms with Crippen LogP contribution in [0.5, 0.6) is 0 Å². The average molecular weight is 582 g/mol. The van der Waals surface area contributed by atoms with E-state index in [1.165, 1.54) is 28.7 Å². The Bertz CT molecular complexity index is 2070. The maximum absolute atomic E-state index is 13.6. The Morgan fingerprint density at radius 3 is 2.55 bits per heavy atom.